The van der Waals surface area contributed by atoms with Crippen LogP contribution in [0.3, 0.4) is 0 Å². The molecule has 0 fully saturated rings. The highest BCUT2D eigenvalue weighted by Crippen LogP contribution is 2.29. The molecule has 18 heavy (non-hydrogen) atoms. The first kappa shape index (κ1) is 14.7. The van der Waals surface area contributed by atoms with E-state index >= 15 is 0 Å². The van der Waals surface area contributed by atoms with Crippen LogP contribution in [-0.4, -0.2) is 55.8 Å². The minimum Gasteiger partial charge on any atom is -0.389 e. The molecule has 102 valence electrons. The number of aromatic nitrogens is 1. The Morgan fingerprint density at radius 2 is 2.39 bits per heavy atom. The van der Waals surface area contributed by atoms with Crippen molar-refractivity contribution < 1.29 is 14.6 Å². The number of nitrogens with two attached hydrogens (primary N) is 1. The van der Waals surface area contributed by atoms with Crippen LogP contribution < -0.4 is 16.0 Å². The van der Waals surface area contributed by atoms with E-state index in [1.165, 1.54) is 14.2 Å². The lowest BCUT2D eigenvalue weighted by Gasteiger charge is -2.21. The third-order valence-electron chi connectivity index (χ3n) is 2.34. The quantitative estimate of drug-likeness (QED) is 0.648. The zero-order valence-electron chi connectivity index (χ0n) is 10.6. The molecular formula is C10H18N4O3S. The van der Waals surface area contributed by atoms with Crippen LogP contribution in [0.2, 0.25) is 0 Å². The molecular weight excluding hydrogens is 256 g/mol. The van der Waals surface area contributed by atoms with Crippen LogP contribution in [0.1, 0.15) is 10.4 Å². The van der Waals surface area contributed by atoms with Gasteiger partial charge in [0, 0.05) is 27.7 Å². The second-order valence-corrected chi connectivity index (χ2v) is 4.57. The summed E-state index contributed by atoms with van der Waals surface area (Å²) in [6, 6.07) is 0. The largest absolute Gasteiger partial charge is 0.389 e. The van der Waals surface area contributed by atoms with E-state index < -0.39 is 6.10 Å². The first-order chi connectivity index (χ1) is 8.51. The van der Waals surface area contributed by atoms with Gasteiger partial charge in [0.15, 0.2) is 5.82 Å². The topological polar surface area (TPSA) is 101 Å². The number of rotatable bonds is 6. The van der Waals surface area contributed by atoms with Crippen molar-refractivity contribution in [3.8, 4) is 0 Å². The molecule has 0 saturated heterocycles. The Kier molecular flexibility index (Phi) is 5.32. The smallest absolute Gasteiger partial charge is 0.257 e. The van der Waals surface area contributed by atoms with E-state index in [4.69, 9.17) is 10.5 Å². The van der Waals surface area contributed by atoms with Gasteiger partial charge in [0.2, 0.25) is 0 Å². The number of nitrogens with zero attached hydrogens (tertiary/aromatic N) is 2. The van der Waals surface area contributed by atoms with Gasteiger partial charge in [0.1, 0.15) is 10.6 Å². The Balaban J connectivity index is 2.86. The van der Waals surface area contributed by atoms with E-state index in [-0.39, 0.29) is 18.3 Å². The first-order valence-electron chi connectivity index (χ1n) is 5.36. The van der Waals surface area contributed by atoms with Crippen LogP contribution in [0.15, 0.2) is 0 Å². The van der Waals surface area contributed by atoms with E-state index in [0.717, 1.165) is 11.5 Å². The van der Waals surface area contributed by atoms with Crippen LogP contribution in [0, 0.1) is 0 Å². The van der Waals surface area contributed by atoms with Gasteiger partial charge in [-0.15, -0.1) is 0 Å². The van der Waals surface area contributed by atoms with E-state index in [9.17, 15) is 9.90 Å². The molecule has 1 rings (SSSR count). The summed E-state index contributed by atoms with van der Waals surface area (Å²) in [7, 11) is 4.81. The Labute approximate surface area is 110 Å². The van der Waals surface area contributed by atoms with Crippen LogP contribution >= 0.6 is 11.5 Å². The molecule has 0 spiro atoms. The van der Waals surface area contributed by atoms with Crippen molar-refractivity contribution in [2.75, 3.05) is 45.0 Å². The van der Waals surface area contributed by atoms with Gasteiger partial charge in [-0.1, -0.05) is 0 Å². The minimum absolute atomic E-state index is 0.197. The SMILES string of the molecule is CNC(=O)c1c(N)nsc1N(C)CC(O)COC. The van der Waals surface area contributed by atoms with Crippen LogP contribution in [0.5, 0.6) is 0 Å². The first-order valence-corrected chi connectivity index (χ1v) is 6.14. The summed E-state index contributed by atoms with van der Waals surface area (Å²) in [4.78, 5) is 13.4. The average molecular weight is 274 g/mol. The number of nitrogen functional groups attached to an aromatic ring is 1. The molecule has 0 aliphatic heterocycles. The summed E-state index contributed by atoms with van der Waals surface area (Å²) >= 11 is 1.13. The van der Waals surface area contributed by atoms with E-state index in [0.29, 0.717) is 17.1 Å². The number of carbonyl (C=O) groups is 1. The molecule has 0 saturated carbocycles. The van der Waals surface area contributed by atoms with Gasteiger partial charge in [0.05, 0.1) is 12.7 Å². The fraction of sp³-hybridized carbons (Fsp3) is 0.600. The van der Waals surface area contributed by atoms with Gasteiger partial charge in [-0.2, -0.15) is 4.37 Å². The second-order valence-electron chi connectivity index (χ2n) is 3.82. The molecule has 0 bridgehead atoms. The third kappa shape index (κ3) is 3.31. The van der Waals surface area contributed by atoms with Gasteiger partial charge >= 0.3 is 0 Å². The number of carbonyl (C=O) groups excluding carboxylic acids is 1. The predicted molar refractivity (Wildman–Crippen MR) is 71.1 cm³/mol. The number of aliphatic hydroxyl groups excluding tert-OH is 1. The maximum atomic E-state index is 11.7. The zero-order chi connectivity index (χ0) is 13.7. The van der Waals surface area contributed by atoms with E-state index in [2.05, 4.69) is 9.69 Å². The molecule has 0 aliphatic carbocycles. The van der Waals surface area contributed by atoms with Crippen molar-refractivity contribution in [3.63, 3.8) is 0 Å². The van der Waals surface area contributed by atoms with Crippen LogP contribution in [0.25, 0.3) is 0 Å². The molecule has 0 aromatic carbocycles. The fourth-order valence-corrected chi connectivity index (χ4v) is 2.31. The standard InChI is InChI=1S/C10H18N4O3S/c1-12-9(16)7-8(11)13-18-10(7)14(2)4-6(15)5-17-3/h6,15H,4-5H2,1-3H3,(H2,11,13)(H,12,16). The summed E-state index contributed by atoms with van der Waals surface area (Å²) in [6.07, 6.45) is -0.638. The maximum Gasteiger partial charge on any atom is 0.257 e. The summed E-state index contributed by atoms with van der Waals surface area (Å²) < 4.78 is 8.82. The van der Waals surface area contributed by atoms with Gasteiger partial charge in [-0.05, 0) is 11.5 Å². The Morgan fingerprint density at radius 1 is 1.72 bits per heavy atom. The number of ether oxygens (including phenoxy) is 1. The Morgan fingerprint density at radius 3 is 2.94 bits per heavy atom. The molecule has 1 aromatic heterocycles. The van der Waals surface area contributed by atoms with Crippen molar-refractivity contribution in [2.24, 2.45) is 0 Å². The molecule has 0 radical (unpaired) electrons. The lowest BCUT2D eigenvalue weighted by Crippen LogP contribution is -2.33. The minimum atomic E-state index is -0.638. The third-order valence-corrected chi connectivity index (χ3v) is 3.32. The van der Waals surface area contributed by atoms with Crippen molar-refractivity contribution >= 4 is 28.3 Å². The van der Waals surface area contributed by atoms with Crippen molar-refractivity contribution in [3.05, 3.63) is 5.56 Å². The number of methoxy groups -OCH3 is 1. The highest BCUT2D eigenvalue weighted by atomic mass is 32.1. The van der Waals surface area contributed by atoms with Crippen LogP contribution in [-0.2, 0) is 4.74 Å². The van der Waals surface area contributed by atoms with E-state index in [1.54, 1.807) is 11.9 Å². The Hall–Kier alpha value is -1.38. The van der Waals surface area contributed by atoms with Crippen molar-refractivity contribution in [1.29, 1.82) is 0 Å². The molecule has 8 heteroatoms. The molecule has 1 aromatic rings. The molecule has 1 atom stereocenters. The number of amides is 1. The lowest BCUT2D eigenvalue weighted by molar-refractivity contribution is 0.0695. The summed E-state index contributed by atoms with van der Waals surface area (Å²) in [5.74, 6) is -0.0910. The number of likely N-dealkylation sites (N-methyl/N-ethyl adjacent to an activating group) is 1. The van der Waals surface area contributed by atoms with Crippen molar-refractivity contribution in [2.45, 2.75) is 6.10 Å². The lowest BCUT2D eigenvalue weighted by atomic mass is 10.2. The number of hydrogen-bond donors (Lipinski definition) is 3. The molecule has 1 heterocycles. The highest BCUT2D eigenvalue weighted by Gasteiger charge is 2.22. The summed E-state index contributed by atoms with van der Waals surface area (Å²) in [5, 5.41) is 12.8. The van der Waals surface area contributed by atoms with Crippen LogP contribution in [0.4, 0.5) is 10.8 Å². The number of hydrogen-bond acceptors (Lipinski definition) is 7. The molecule has 1 unspecified atom stereocenters. The monoisotopic (exact) mass is 274 g/mol. The predicted octanol–water partition coefficient (Wildman–Crippen LogP) is -0.472. The summed E-state index contributed by atoms with van der Waals surface area (Å²) in [5.41, 5.74) is 6.01. The van der Waals surface area contributed by atoms with Crippen molar-refractivity contribution in [1.82, 2.24) is 9.69 Å². The molecule has 0 aliphatic rings. The average Bonchev–Trinajstić information content (AvgIpc) is 2.70. The molecule has 1 amide bonds. The maximum absolute atomic E-state index is 11.7. The van der Waals surface area contributed by atoms with Gasteiger partial charge in [-0.25, -0.2) is 0 Å². The fourth-order valence-electron chi connectivity index (χ4n) is 1.54. The number of nitrogens with one attached hydrogen (secondary N) is 1. The van der Waals surface area contributed by atoms with E-state index in [1.807, 2.05) is 0 Å². The highest BCUT2D eigenvalue weighted by molar-refractivity contribution is 7.11. The van der Waals surface area contributed by atoms with Gasteiger partial charge < -0.3 is 25.8 Å². The molecule has 4 N–H and O–H groups in total. The van der Waals surface area contributed by atoms with Gasteiger partial charge in [0.25, 0.3) is 5.91 Å². The Bertz CT molecular complexity index is 410. The number of aliphatic hydroxyl groups is 1. The second kappa shape index (κ2) is 6.53. The van der Waals surface area contributed by atoms with Gasteiger partial charge in [-0.3, -0.25) is 4.79 Å². The zero-order valence-corrected chi connectivity index (χ0v) is 11.5. The normalized spacial score (nSPS) is 12.2. The number of anilines is 2. The molecule has 7 nitrogen and oxygen atoms in total. The summed E-state index contributed by atoms with van der Waals surface area (Å²) in [6.45, 7) is 0.563.